The van der Waals surface area contributed by atoms with Gasteiger partial charge in [-0.25, -0.2) is 0 Å². The van der Waals surface area contributed by atoms with Crippen molar-refractivity contribution in [2.24, 2.45) is 11.8 Å². The fourth-order valence-corrected chi connectivity index (χ4v) is 4.05. The molecule has 6 nitrogen and oxygen atoms in total. The van der Waals surface area contributed by atoms with E-state index in [1.807, 2.05) is 4.90 Å². The van der Waals surface area contributed by atoms with Gasteiger partial charge in [0, 0.05) is 58.9 Å². The molecule has 0 N–H and O–H groups in total. The maximum absolute atomic E-state index is 12.3. The van der Waals surface area contributed by atoms with Gasteiger partial charge < -0.3 is 14.5 Å². The minimum atomic E-state index is -0.316. The third-order valence-corrected chi connectivity index (χ3v) is 5.54. The van der Waals surface area contributed by atoms with Crippen LogP contribution in [0, 0.1) is 11.8 Å². The summed E-state index contributed by atoms with van der Waals surface area (Å²) >= 11 is 0. The van der Waals surface area contributed by atoms with Gasteiger partial charge in [-0.3, -0.25) is 14.5 Å². The van der Waals surface area contributed by atoms with Crippen molar-refractivity contribution in [2.45, 2.75) is 19.4 Å². The first kappa shape index (κ1) is 18.7. The zero-order valence-corrected chi connectivity index (χ0v) is 16.0. The molecule has 3 rings (SSSR count). The molecule has 2 fully saturated rings. The van der Waals surface area contributed by atoms with Crippen LogP contribution in [0.4, 0.5) is 5.69 Å². The summed E-state index contributed by atoms with van der Waals surface area (Å²) in [4.78, 5) is 30.0. The Balaban J connectivity index is 1.46. The second-order valence-corrected chi connectivity index (χ2v) is 7.65. The third kappa shape index (κ3) is 4.36. The van der Waals surface area contributed by atoms with E-state index in [4.69, 9.17) is 0 Å². The van der Waals surface area contributed by atoms with Gasteiger partial charge in [0.25, 0.3) is 0 Å². The predicted molar refractivity (Wildman–Crippen MR) is 101 cm³/mol. The molecule has 0 spiro atoms. The molecule has 2 aliphatic heterocycles. The lowest BCUT2D eigenvalue weighted by Gasteiger charge is -2.22. The molecule has 6 heteroatoms. The summed E-state index contributed by atoms with van der Waals surface area (Å²) in [6.07, 6.45) is 0.435. The smallest absolute Gasteiger partial charge is 0.306 e. The van der Waals surface area contributed by atoms with E-state index in [1.165, 1.54) is 18.4 Å². The average Bonchev–Trinajstić information content (AvgIpc) is 3.18. The minimum absolute atomic E-state index is 0.0793. The van der Waals surface area contributed by atoms with Gasteiger partial charge in [0.05, 0.1) is 13.5 Å². The fourth-order valence-electron chi connectivity index (χ4n) is 4.05. The first-order chi connectivity index (χ1) is 12.5. The first-order valence-corrected chi connectivity index (χ1v) is 9.29. The number of hydrogen-bond donors (Lipinski definition) is 0. The molecule has 0 saturated carbocycles. The monoisotopic (exact) mass is 359 g/mol. The highest BCUT2D eigenvalue weighted by Crippen LogP contribution is 2.32. The van der Waals surface area contributed by atoms with Gasteiger partial charge in [-0.1, -0.05) is 12.1 Å². The van der Waals surface area contributed by atoms with Gasteiger partial charge in [-0.15, -0.1) is 0 Å². The Morgan fingerprint density at radius 1 is 1.04 bits per heavy atom. The number of amides is 1. The van der Waals surface area contributed by atoms with Crippen molar-refractivity contribution in [1.29, 1.82) is 0 Å². The molecule has 0 aromatic heterocycles. The summed E-state index contributed by atoms with van der Waals surface area (Å²) in [5.74, 6) is 0.871. The molecule has 2 heterocycles. The number of likely N-dealkylation sites (tertiary alicyclic amines) is 2. The molecular formula is C20H29N3O3. The average molecular weight is 359 g/mol. The van der Waals surface area contributed by atoms with Crippen LogP contribution < -0.4 is 4.90 Å². The number of benzene rings is 1. The topological polar surface area (TPSA) is 53.1 Å². The number of rotatable bonds is 6. The lowest BCUT2D eigenvalue weighted by molar-refractivity contribution is -0.143. The number of esters is 1. The van der Waals surface area contributed by atoms with Gasteiger partial charge in [0.1, 0.15) is 0 Å². The van der Waals surface area contributed by atoms with Crippen molar-refractivity contribution in [1.82, 2.24) is 9.80 Å². The van der Waals surface area contributed by atoms with Crippen LogP contribution in [0.3, 0.4) is 0 Å². The molecule has 0 bridgehead atoms. The first-order valence-electron chi connectivity index (χ1n) is 9.29. The summed E-state index contributed by atoms with van der Waals surface area (Å²) in [6.45, 7) is 4.69. The number of carbonyl (C=O) groups is 2. The Bertz CT molecular complexity index is 630. The highest BCUT2D eigenvalue weighted by atomic mass is 16.5. The molecular weight excluding hydrogens is 330 g/mol. The molecule has 0 radical (unpaired) electrons. The Kier molecular flexibility index (Phi) is 5.81. The van der Waals surface area contributed by atoms with Crippen molar-refractivity contribution in [3.63, 3.8) is 0 Å². The summed E-state index contributed by atoms with van der Waals surface area (Å²) in [7, 11) is 5.46. The highest BCUT2D eigenvalue weighted by molar-refractivity contribution is 5.81. The second kappa shape index (κ2) is 8.08. The van der Waals surface area contributed by atoms with Crippen LogP contribution in [0.15, 0.2) is 24.3 Å². The van der Waals surface area contributed by atoms with E-state index < -0.39 is 0 Å². The van der Waals surface area contributed by atoms with Crippen LogP contribution in [0.25, 0.3) is 0 Å². The van der Waals surface area contributed by atoms with Gasteiger partial charge in [-0.2, -0.15) is 0 Å². The van der Waals surface area contributed by atoms with E-state index in [9.17, 15) is 9.59 Å². The third-order valence-electron chi connectivity index (χ3n) is 5.54. The van der Waals surface area contributed by atoms with Crippen molar-refractivity contribution in [3.05, 3.63) is 29.8 Å². The van der Waals surface area contributed by atoms with Crippen molar-refractivity contribution in [2.75, 3.05) is 52.3 Å². The SMILES string of the molecule is COC(=O)CCC(=O)N1CC2CN(Cc3ccc(N(C)C)cc3)CC2C1. The molecule has 2 atom stereocenters. The lowest BCUT2D eigenvalue weighted by atomic mass is 10.0. The van der Waals surface area contributed by atoms with Gasteiger partial charge >= 0.3 is 5.97 Å². The highest BCUT2D eigenvalue weighted by Gasteiger charge is 2.41. The van der Waals surface area contributed by atoms with Crippen LogP contribution in [0.2, 0.25) is 0 Å². The van der Waals surface area contributed by atoms with E-state index in [1.54, 1.807) is 0 Å². The maximum Gasteiger partial charge on any atom is 0.306 e. The van der Waals surface area contributed by atoms with Crippen LogP contribution in [0.1, 0.15) is 18.4 Å². The van der Waals surface area contributed by atoms with Crippen LogP contribution in [0.5, 0.6) is 0 Å². The lowest BCUT2D eigenvalue weighted by Crippen LogP contribution is -2.33. The predicted octanol–water partition coefficient (Wildman–Crippen LogP) is 1.60. The van der Waals surface area contributed by atoms with E-state index >= 15 is 0 Å². The Morgan fingerprint density at radius 2 is 1.65 bits per heavy atom. The minimum Gasteiger partial charge on any atom is -0.469 e. The van der Waals surface area contributed by atoms with E-state index in [0.29, 0.717) is 11.8 Å². The number of anilines is 1. The van der Waals surface area contributed by atoms with E-state index in [2.05, 4.69) is 52.9 Å². The summed E-state index contributed by atoms with van der Waals surface area (Å²) in [5, 5.41) is 0. The van der Waals surface area contributed by atoms with Crippen molar-refractivity contribution >= 4 is 17.6 Å². The summed E-state index contributed by atoms with van der Waals surface area (Å²) < 4.78 is 4.61. The largest absolute Gasteiger partial charge is 0.469 e. The number of carbonyl (C=O) groups excluding carboxylic acids is 2. The van der Waals surface area contributed by atoms with Crippen LogP contribution in [-0.2, 0) is 20.9 Å². The zero-order chi connectivity index (χ0) is 18.7. The molecule has 1 amide bonds. The van der Waals surface area contributed by atoms with Crippen molar-refractivity contribution < 1.29 is 14.3 Å². The molecule has 1 aromatic rings. The Morgan fingerprint density at radius 3 is 2.19 bits per heavy atom. The molecule has 2 aliphatic rings. The fraction of sp³-hybridized carbons (Fsp3) is 0.600. The summed E-state index contributed by atoms with van der Waals surface area (Å²) in [5.41, 5.74) is 2.55. The van der Waals surface area contributed by atoms with Crippen molar-refractivity contribution in [3.8, 4) is 0 Å². The van der Waals surface area contributed by atoms with E-state index in [-0.39, 0.29) is 24.7 Å². The number of nitrogens with zero attached hydrogens (tertiary/aromatic N) is 3. The maximum atomic E-state index is 12.3. The normalized spacial score (nSPS) is 22.3. The second-order valence-electron chi connectivity index (χ2n) is 7.65. The Hall–Kier alpha value is -2.08. The van der Waals surface area contributed by atoms with Gasteiger partial charge in [-0.05, 0) is 29.5 Å². The molecule has 26 heavy (non-hydrogen) atoms. The standard InChI is InChI=1S/C20H29N3O3/c1-21(2)18-6-4-15(5-7-18)10-22-11-16-13-23(14-17(16)12-22)19(24)8-9-20(25)26-3/h4-7,16-17H,8-14H2,1-3H3. The number of methoxy groups -OCH3 is 1. The molecule has 2 unspecified atom stereocenters. The summed E-state index contributed by atoms with van der Waals surface area (Å²) in [6, 6.07) is 8.72. The van der Waals surface area contributed by atoms with Gasteiger partial charge in [0.15, 0.2) is 0 Å². The molecule has 1 aromatic carbocycles. The number of hydrogen-bond acceptors (Lipinski definition) is 5. The number of fused-ring (bicyclic) bond motifs is 1. The molecule has 2 saturated heterocycles. The zero-order valence-electron chi connectivity index (χ0n) is 16.0. The van der Waals surface area contributed by atoms with E-state index in [0.717, 1.165) is 32.7 Å². The van der Waals surface area contributed by atoms with Crippen LogP contribution >= 0.6 is 0 Å². The molecule has 0 aliphatic carbocycles. The molecule has 142 valence electrons. The van der Waals surface area contributed by atoms with Crippen LogP contribution in [-0.4, -0.2) is 69.1 Å². The quantitative estimate of drug-likeness (QED) is 0.722. The Labute approximate surface area is 155 Å². The van der Waals surface area contributed by atoms with Gasteiger partial charge in [0.2, 0.25) is 5.91 Å². The number of ether oxygens (including phenoxy) is 1.